The molecule has 2 aliphatic rings. The van der Waals surface area contributed by atoms with E-state index in [0.717, 1.165) is 36.2 Å². The van der Waals surface area contributed by atoms with Crippen LogP contribution in [0.2, 0.25) is 0 Å². The molecule has 2 atom stereocenters. The Hall–Kier alpha value is -3.40. The van der Waals surface area contributed by atoms with Gasteiger partial charge < -0.3 is 5.32 Å². The van der Waals surface area contributed by atoms with Crippen molar-refractivity contribution in [2.24, 2.45) is 0 Å². The van der Waals surface area contributed by atoms with E-state index >= 15 is 0 Å². The van der Waals surface area contributed by atoms with Crippen molar-refractivity contribution < 1.29 is 22.4 Å². The average Bonchev–Trinajstić information content (AvgIpc) is 3.49. The van der Waals surface area contributed by atoms with Crippen LogP contribution >= 0.6 is 0 Å². The summed E-state index contributed by atoms with van der Waals surface area (Å²) in [4.78, 5) is 14.3. The van der Waals surface area contributed by atoms with Gasteiger partial charge >= 0.3 is 12.2 Å². The van der Waals surface area contributed by atoms with Crippen molar-refractivity contribution in [2.75, 3.05) is 25.0 Å². The molecule has 6 nitrogen and oxygen atoms in total. The molecule has 35 heavy (non-hydrogen) atoms. The van der Waals surface area contributed by atoms with Crippen LogP contribution in [0.3, 0.4) is 0 Å². The highest BCUT2D eigenvalue weighted by Crippen LogP contribution is 2.32. The van der Waals surface area contributed by atoms with Crippen LogP contribution in [0, 0.1) is 5.82 Å². The summed E-state index contributed by atoms with van der Waals surface area (Å²) in [6.45, 7) is -1.03. The van der Waals surface area contributed by atoms with Crippen LogP contribution in [0.25, 0.3) is 5.69 Å². The van der Waals surface area contributed by atoms with E-state index < -0.39 is 36.5 Å². The van der Waals surface area contributed by atoms with Crippen LogP contribution in [0.15, 0.2) is 54.6 Å². The Morgan fingerprint density at radius 1 is 1.06 bits per heavy atom. The fourth-order valence-corrected chi connectivity index (χ4v) is 5.08. The molecule has 1 aliphatic heterocycles. The molecule has 2 N–H and O–H groups in total. The number of amides is 2. The number of halogens is 4. The van der Waals surface area contributed by atoms with Crippen LogP contribution in [-0.2, 0) is 12.8 Å². The number of para-hydroxylation sites is 1. The molecule has 184 valence electrons. The number of rotatable bonds is 5. The monoisotopic (exact) mass is 487 g/mol. The predicted molar refractivity (Wildman–Crippen MR) is 123 cm³/mol. The standard InChI is InChI=1S/C25H25F4N5O/c26-17-7-4-6-16(12-17)20-13-33(15-25(27,28)29)14-22(20)30-24(35)31-23-19-10-5-11-21(19)32-34(23)18-8-2-1-3-9-18/h1-4,6-9,12,20,22H,5,10-11,13-15H2,(H2,30,31,35)/t20-,22?/m0/s1. The lowest BCUT2D eigenvalue weighted by molar-refractivity contribution is -0.143. The van der Waals surface area contributed by atoms with Crippen molar-refractivity contribution in [1.82, 2.24) is 20.0 Å². The van der Waals surface area contributed by atoms with Gasteiger partial charge in [0.15, 0.2) is 0 Å². The number of hydrogen-bond donors (Lipinski definition) is 2. The fraction of sp³-hybridized carbons (Fsp3) is 0.360. The second kappa shape index (κ2) is 9.33. The molecule has 0 bridgehead atoms. The summed E-state index contributed by atoms with van der Waals surface area (Å²) < 4.78 is 54.7. The van der Waals surface area contributed by atoms with E-state index in [2.05, 4.69) is 15.7 Å². The summed E-state index contributed by atoms with van der Waals surface area (Å²) in [6, 6.07) is 14.1. The van der Waals surface area contributed by atoms with Gasteiger partial charge in [-0.15, -0.1) is 0 Å². The summed E-state index contributed by atoms with van der Waals surface area (Å²) in [5.74, 6) is -0.389. The zero-order chi connectivity index (χ0) is 24.6. The second-order valence-corrected chi connectivity index (χ2v) is 9.05. The molecule has 10 heteroatoms. The molecule has 0 spiro atoms. The molecule has 1 saturated heterocycles. The van der Waals surface area contributed by atoms with E-state index in [-0.39, 0.29) is 13.1 Å². The van der Waals surface area contributed by atoms with Crippen molar-refractivity contribution >= 4 is 11.8 Å². The lowest BCUT2D eigenvalue weighted by Crippen LogP contribution is -2.43. The van der Waals surface area contributed by atoms with Crippen molar-refractivity contribution in [3.8, 4) is 5.69 Å². The maximum Gasteiger partial charge on any atom is 0.401 e. The summed E-state index contributed by atoms with van der Waals surface area (Å²) in [5.41, 5.74) is 3.25. The number of fused-ring (bicyclic) bond motifs is 1. The molecule has 3 aromatic rings. The van der Waals surface area contributed by atoms with Gasteiger partial charge in [0, 0.05) is 24.6 Å². The number of nitrogens with zero attached hydrogens (tertiary/aromatic N) is 3. The quantitative estimate of drug-likeness (QED) is 0.515. The molecule has 2 heterocycles. The molecular weight excluding hydrogens is 462 g/mol. The number of anilines is 1. The van der Waals surface area contributed by atoms with E-state index in [4.69, 9.17) is 0 Å². The van der Waals surface area contributed by atoms with E-state index in [1.165, 1.54) is 23.1 Å². The minimum absolute atomic E-state index is 0.00413. The molecule has 0 saturated carbocycles. The number of likely N-dealkylation sites (tertiary alicyclic amines) is 1. The maximum atomic E-state index is 13.9. The molecule has 5 rings (SSSR count). The van der Waals surface area contributed by atoms with Crippen molar-refractivity contribution in [2.45, 2.75) is 37.4 Å². The lowest BCUT2D eigenvalue weighted by atomic mass is 9.94. The van der Waals surface area contributed by atoms with Gasteiger partial charge in [-0.2, -0.15) is 18.3 Å². The lowest BCUT2D eigenvalue weighted by Gasteiger charge is -2.21. The maximum absolute atomic E-state index is 13.9. The number of aryl methyl sites for hydroxylation is 1. The number of nitrogens with one attached hydrogen (secondary N) is 2. The number of hydrogen-bond acceptors (Lipinski definition) is 3. The number of benzene rings is 2. The number of carbonyl (C=O) groups is 1. The Morgan fingerprint density at radius 3 is 2.60 bits per heavy atom. The SMILES string of the molecule is O=C(Nc1c2c(nn1-c1ccccc1)CCC2)NC1CN(CC(F)(F)F)C[C@H]1c1cccc(F)c1. The summed E-state index contributed by atoms with van der Waals surface area (Å²) in [7, 11) is 0. The van der Waals surface area contributed by atoms with Gasteiger partial charge in [-0.25, -0.2) is 13.9 Å². The Kier molecular flexibility index (Phi) is 6.22. The molecule has 1 unspecified atom stereocenters. The van der Waals surface area contributed by atoms with Crippen molar-refractivity contribution in [3.05, 3.63) is 77.2 Å². The van der Waals surface area contributed by atoms with Crippen LogP contribution < -0.4 is 10.6 Å². The van der Waals surface area contributed by atoms with E-state index in [1.807, 2.05) is 30.3 Å². The Bertz CT molecular complexity index is 1210. The first-order chi connectivity index (χ1) is 16.8. The zero-order valence-corrected chi connectivity index (χ0v) is 18.9. The predicted octanol–water partition coefficient (Wildman–Crippen LogP) is 4.65. The number of carbonyl (C=O) groups excluding carboxylic acids is 1. The first-order valence-corrected chi connectivity index (χ1v) is 11.5. The first-order valence-electron chi connectivity index (χ1n) is 11.5. The van der Waals surface area contributed by atoms with Gasteiger partial charge in [-0.1, -0.05) is 30.3 Å². The second-order valence-electron chi connectivity index (χ2n) is 9.05. The Balaban J connectivity index is 1.37. The number of alkyl halides is 3. The van der Waals surface area contributed by atoms with Crippen molar-refractivity contribution in [1.29, 1.82) is 0 Å². The smallest absolute Gasteiger partial charge is 0.333 e. The first kappa shape index (κ1) is 23.3. The van der Waals surface area contributed by atoms with Gasteiger partial charge in [0.05, 0.1) is 24.0 Å². The number of aromatic nitrogens is 2. The normalized spacial score (nSPS) is 20.1. The van der Waals surface area contributed by atoms with Crippen LogP contribution in [0.4, 0.5) is 28.2 Å². The average molecular weight is 488 g/mol. The Morgan fingerprint density at radius 2 is 1.86 bits per heavy atom. The van der Waals surface area contributed by atoms with Gasteiger partial charge in [-0.3, -0.25) is 10.2 Å². The Labute approximate surface area is 199 Å². The molecule has 0 radical (unpaired) electrons. The topological polar surface area (TPSA) is 62.2 Å². The highest BCUT2D eigenvalue weighted by molar-refractivity contribution is 5.90. The minimum atomic E-state index is -4.37. The molecule has 1 aromatic heterocycles. The third-order valence-corrected chi connectivity index (χ3v) is 6.53. The van der Waals surface area contributed by atoms with Gasteiger partial charge in [0.2, 0.25) is 0 Å². The third kappa shape index (κ3) is 5.17. The van der Waals surface area contributed by atoms with E-state index in [1.54, 1.807) is 10.7 Å². The van der Waals surface area contributed by atoms with Gasteiger partial charge in [0.1, 0.15) is 11.6 Å². The zero-order valence-electron chi connectivity index (χ0n) is 18.9. The van der Waals surface area contributed by atoms with Crippen LogP contribution in [0.5, 0.6) is 0 Å². The minimum Gasteiger partial charge on any atom is -0.333 e. The van der Waals surface area contributed by atoms with Gasteiger partial charge in [-0.05, 0) is 49.1 Å². The van der Waals surface area contributed by atoms with Crippen LogP contribution in [-0.4, -0.2) is 52.6 Å². The van der Waals surface area contributed by atoms with Gasteiger partial charge in [0.25, 0.3) is 0 Å². The molecule has 1 aliphatic carbocycles. The molecule has 2 aromatic carbocycles. The molecule has 1 fully saturated rings. The van der Waals surface area contributed by atoms with E-state index in [0.29, 0.717) is 11.4 Å². The summed E-state index contributed by atoms with van der Waals surface area (Å²) >= 11 is 0. The third-order valence-electron chi connectivity index (χ3n) is 6.53. The van der Waals surface area contributed by atoms with Crippen molar-refractivity contribution in [3.63, 3.8) is 0 Å². The molecule has 2 amide bonds. The van der Waals surface area contributed by atoms with E-state index in [9.17, 15) is 22.4 Å². The summed E-state index contributed by atoms with van der Waals surface area (Å²) in [5, 5.41) is 10.4. The highest BCUT2D eigenvalue weighted by atomic mass is 19.4. The fourth-order valence-electron chi connectivity index (χ4n) is 5.08. The number of urea groups is 1. The van der Waals surface area contributed by atoms with Crippen LogP contribution in [0.1, 0.15) is 29.2 Å². The largest absolute Gasteiger partial charge is 0.401 e. The highest BCUT2D eigenvalue weighted by Gasteiger charge is 2.40. The molecular formula is C25H25F4N5O. The summed E-state index contributed by atoms with van der Waals surface area (Å²) in [6.07, 6.45) is -1.82.